The highest BCUT2D eigenvalue weighted by Gasteiger charge is 2.31. The molecule has 12 heteroatoms. The lowest BCUT2D eigenvalue weighted by molar-refractivity contribution is -0.143. The minimum absolute atomic E-state index is 0.000350. The Morgan fingerprint density at radius 3 is 1.86 bits per heavy atom. The largest absolute Gasteiger partial charge is 0.508 e. The number of aliphatic hydroxyl groups is 1. The number of para-hydroxylation sites is 1. The smallest absolute Gasteiger partial charge is 0.328 e. The normalized spacial score (nSPS) is 13.8. The number of rotatable bonds is 14. The van der Waals surface area contributed by atoms with Crippen LogP contribution in [0.25, 0.3) is 10.9 Å². The van der Waals surface area contributed by atoms with Crippen LogP contribution >= 0.6 is 0 Å². The second-order valence-corrected chi connectivity index (χ2v) is 10.4. The first-order valence-electron chi connectivity index (χ1n) is 14.0. The monoisotopic (exact) mass is 601 g/mol. The van der Waals surface area contributed by atoms with Gasteiger partial charge in [0, 0.05) is 29.9 Å². The number of nitrogens with one attached hydrogen (secondary N) is 4. The van der Waals surface area contributed by atoms with Gasteiger partial charge in [0.1, 0.15) is 23.9 Å². The number of phenols is 1. The molecule has 3 amide bonds. The van der Waals surface area contributed by atoms with Gasteiger partial charge in [0.2, 0.25) is 17.7 Å². The molecule has 0 aliphatic heterocycles. The summed E-state index contributed by atoms with van der Waals surface area (Å²) in [5.41, 5.74) is 9.33. The molecule has 0 spiro atoms. The van der Waals surface area contributed by atoms with Crippen molar-refractivity contribution < 1.29 is 34.5 Å². The number of carbonyl (C=O) groups excluding carboxylic acids is 3. The zero-order valence-electron chi connectivity index (χ0n) is 23.8. The molecule has 0 saturated heterocycles. The van der Waals surface area contributed by atoms with E-state index in [2.05, 4.69) is 20.9 Å². The molecule has 0 aliphatic rings. The maximum atomic E-state index is 13.7. The highest BCUT2D eigenvalue weighted by Crippen LogP contribution is 2.19. The van der Waals surface area contributed by atoms with Crippen molar-refractivity contribution >= 4 is 34.6 Å². The summed E-state index contributed by atoms with van der Waals surface area (Å²) in [4.78, 5) is 54.7. The number of hydrogen-bond acceptors (Lipinski definition) is 7. The summed E-state index contributed by atoms with van der Waals surface area (Å²) in [5.74, 6) is -3.57. The van der Waals surface area contributed by atoms with Crippen LogP contribution in [0.3, 0.4) is 0 Å². The van der Waals surface area contributed by atoms with Gasteiger partial charge in [0.25, 0.3) is 0 Å². The Hall–Kier alpha value is -5.20. The van der Waals surface area contributed by atoms with Crippen LogP contribution in [-0.4, -0.2) is 74.8 Å². The van der Waals surface area contributed by atoms with E-state index >= 15 is 0 Å². The maximum Gasteiger partial charge on any atom is 0.328 e. The molecule has 0 fully saturated rings. The molecule has 12 nitrogen and oxygen atoms in total. The van der Waals surface area contributed by atoms with Crippen molar-refractivity contribution in [2.24, 2.45) is 5.73 Å². The lowest BCUT2D eigenvalue weighted by Gasteiger charge is -2.25. The number of nitrogens with two attached hydrogens (primary N) is 1. The Kier molecular flexibility index (Phi) is 10.7. The molecular weight excluding hydrogens is 566 g/mol. The van der Waals surface area contributed by atoms with Gasteiger partial charge in [0.15, 0.2) is 0 Å². The number of aromatic nitrogens is 1. The van der Waals surface area contributed by atoms with Crippen LogP contribution in [-0.2, 0) is 38.4 Å². The highest BCUT2D eigenvalue weighted by atomic mass is 16.4. The minimum Gasteiger partial charge on any atom is -0.508 e. The van der Waals surface area contributed by atoms with Crippen molar-refractivity contribution in [1.82, 2.24) is 20.9 Å². The number of aliphatic hydroxyl groups excluding tert-OH is 1. The van der Waals surface area contributed by atoms with Crippen molar-refractivity contribution in [3.63, 3.8) is 0 Å². The van der Waals surface area contributed by atoms with E-state index in [0.717, 1.165) is 22.0 Å². The molecule has 4 atom stereocenters. The molecule has 4 unspecified atom stereocenters. The molecule has 9 N–H and O–H groups in total. The van der Waals surface area contributed by atoms with Crippen LogP contribution < -0.4 is 21.7 Å². The molecule has 4 aromatic rings. The predicted molar refractivity (Wildman–Crippen MR) is 162 cm³/mol. The summed E-state index contributed by atoms with van der Waals surface area (Å²) in [5, 5.41) is 36.9. The third kappa shape index (κ3) is 8.43. The van der Waals surface area contributed by atoms with Crippen LogP contribution in [0.4, 0.5) is 0 Å². The van der Waals surface area contributed by atoms with E-state index in [0.29, 0.717) is 5.56 Å². The van der Waals surface area contributed by atoms with E-state index in [9.17, 15) is 34.5 Å². The lowest BCUT2D eigenvalue weighted by atomic mass is 10.0. The average molecular weight is 602 g/mol. The molecular formula is C32H35N5O7. The van der Waals surface area contributed by atoms with E-state index in [1.165, 1.54) is 12.1 Å². The number of aromatic hydroxyl groups is 1. The van der Waals surface area contributed by atoms with E-state index < -0.39 is 54.5 Å². The van der Waals surface area contributed by atoms with Crippen molar-refractivity contribution in [1.29, 1.82) is 0 Å². The summed E-state index contributed by atoms with van der Waals surface area (Å²) < 4.78 is 0. The third-order valence-corrected chi connectivity index (χ3v) is 7.17. The Morgan fingerprint density at radius 1 is 0.705 bits per heavy atom. The zero-order valence-corrected chi connectivity index (χ0v) is 23.8. The summed E-state index contributed by atoms with van der Waals surface area (Å²) in [6.45, 7) is -0.859. The number of amides is 3. The molecule has 230 valence electrons. The number of aliphatic carboxylic acids is 1. The van der Waals surface area contributed by atoms with Crippen LogP contribution in [0.15, 0.2) is 85.1 Å². The summed E-state index contributed by atoms with van der Waals surface area (Å²) in [7, 11) is 0. The van der Waals surface area contributed by atoms with E-state index in [1.54, 1.807) is 42.6 Å². The summed E-state index contributed by atoms with van der Waals surface area (Å²) in [6.07, 6.45) is 2.01. The Balaban J connectivity index is 1.54. The van der Waals surface area contributed by atoms with Gasteiger partial charge in [-0.05, 0) is 41.3 Å². The zero-order chi connectivity index (χ0) is 31.6. The van der Waals surface area contributed by atoms with E-state index in [1.807, 2.05) is 30.3 Å². The highest BCUT2D eigenvalue weighted by molar-refractivity contribution is 5.94. The SMILES string of the molecule is NC(Cc1c[nH]c2ccccc12)C(=O)NC(Cc1ccccc1)C(=O)NC(Cc1ccc(O)cc1)C(=O)NC(CO)C(=O)O. The van der Waals surface area contributed by atoms with E-state index in [-0.39, 0.29) is 25.0 Å². The molecule has 44 heavy (non-hydrogen) atoms. The van der Waals surface area contributed by atoms with Gasteiger partial charge in [-0.3, -0.25) is 14.4 Å². The van der Waals surface area contributed by atoms with Gasteiger partial charge in [-0.1, -0.05) is 60.7 Å². The number of phenolic OH excluding ortho intramolecular Hbond substituents is 1. The number of aromatic amines is 1. The van der Waals surface area contributed by atoms with Crippen LogP contribution in [0.5, 0.6) is 5.75 Å². The minimum atomic E-state index is -1.59. The van der Waals surface area contributed by atoms with Crippen molar-refractivity contribution in [2.45, 2.75) is 43.4 Å². The predicted octanol–water partition coefficient (Wildman–Crippen LogP) is 0.760. The van der Waals surface area contributed by atoms with Crippen molar-refractivity contribution in [3.05, 3.63) is 102 Å². The fourth-order valence-electron chi connectivity index (χ4n) is 4.78. The Bertz CT molecular complexity index is 1590. The number of carbonyl (C=O) groups is 4. The van der Waals surface area contributed by atoms with Crippen LogP contribution in [0.1, 0.15) is 16.7 Å². The Morgan fingerprint density at radius 2 is 1.25 bits per heavy atom. The number of benzene rings is 3. The number of carboxylic acid groups (broad SMARTS) is 1. The first-order valence-corrected chi connectivity index (χ1v) is 14.0. The first-order chi connectivity index (χ1) is 21.1. The van der Waals surface area contributed by atoms with Crippen molar-refractivity contribution in [2.75, 3.05) is 6.61 Å². The third-order valence-electron chi connectivity index (χ3n) is 7.17. The quantitative estimate of drug-likeness (QED) is 0.103. The maximum absolute atomic E-state index is 13.7. The van der Waals surface area contributed by atoms with E-state index in [4.69, 9.17) is 5.73 Å². The molecule has 0 saturated carbocycles. The lowest BCUT2D eigenvalue weighted by Crippen LogP contribution is -2.58. The molecule has 0 aliphatic carbocycles. The van der Waals surface area contributed by atoms with Crippen LogP contribution in [0.2, 0.25) is 0 Å². The van der Waals surface area contributed by atoms with Gasteiger partial charge in [-0.2, -0.15) is 0 Å². The van der Waals surface area contributed by atoms with Gasteiger partial charge >= 0.3 is 5.97 Å². The standard InChI is InChI=1S/C32H35N5O7/c33-24(16-21-17-34-25-9-5-4-8-23(21)25)29(40)35-26(14-19-6-2-1-3-7-19)30(41)36-27(15-20-10-12-22(39)13-11-20)31(42)37-28(18-38)32(43)44/h1-13,17,24,26-28,34,38-39H,14-16,18,33H2,(H,35,40)(H,36,41)(H,37,42)(H,43,44). The molecule has 0 bridgehead atoms. The van der Waals surface area contributed by atoms with Crippen molar-refractivity contribution in [3.8, 4) is 5.75 Å². The molecule has 3 aromatic carbocycles. The fourth-order valence-corrected chi connectivity index (χ4v) is 4.78. The van der Waals surface area contributed by atoms with Gasteiger partial charge in [-0.15, -0.1) is 0 Å². The van der Waals surface area contributed by atoms with Gasteiger partial charge in [0.05, 0.1) is 12.6 Å². The second-order valence-electron chi connectivity index (χ2n) is 10.4. The topological polar surface area (TPSA) is 207 Å². The molecule has 1 aromatic heterocycles. The number of carboxylic acids is 1. The first kappa shape index (κ1) is 31.7. The average Bonchev–Trinajstić information content (AvgIpc) is 3.42. The summed E-state index contributed by atoms with van der Waals surface area (Å²) in [6, 6.07) is 17.5. The molecule has 4 rings (SSSR count). The van der Waals surface area contributed by atoms with Gasteiger partial charge < -0.3 is 42.0 Å². The number of fused-ring (bicyclic) bond motifs is 1. The Labute approximate surface area is 253 Å². The van der Waals surface area contributed by atoms with Crippen LogP contribution in [0, 0.1) is 0 Å². The number of hydrogen-bond donors (Lipinski definition) is 8. The molecule has 0 radical (unpaired) electrons. The fraction of sp³-hybridized carbons (Fsp3) is 0.250. The second kappa shape index (κ2) is 14.8. The molecule has 1 heterocycles. The summed E-state index contributed by atoms with van der Waals surface area (Å²) >= 11 is 0. The van der Waals surface area contributed by atoms with Gasteiger partial charge in [-0.25, -0.2) is 4.79 Å². The number of H-pyrrole nitrogens is 1.